The Morgan fingerprint density at radius 3 is 2.81 bits per heavy atom. The maximum absolute atomic E-state index is 12.5. The number of esters is 1. The van der Waals surface area contributed by atoms with Gasteiger partial charge in [-0.3, -0.25) is 19.3 Å². The smallest absolute Gasteiger partial charge is 0.307 e. The molecule has 0 unspecified atom stereocenters. The fourth-order valence-corrected chi connectivity index (χ4v) is 3.10. The zero-order valence-electron chi connectivity index (χ0n) is 14.7. The second-order valence-electron chi connectivity index (χ2n) is 6.13. The second-order valence-corrected chi connectivity index (χ2v) is 6.13. The third kappa shape index (κ3) is 3.70. The van der Waals surface area contributed by atoms with Crippen LogP contribution < -0.4 is 15.6 Å². The Morgan fingerprint density at radius 2 is 2.08 bits per heavy atom. The summed E-state index contributed by atoms with van der Waals surface area (Å²) in [4.78, 5) is 40.9. The molecule has 0 radical (unpaired) electrons. The van der Waals surface area contributed by atoms with E-state index in [1.165, 1.54) is 7.11 Å². The van der Waals surface area contributed by atoms with E-state index in [1.54, 1.807) is 19.2 Å². The molecule has 3 rings (SSSR count). The maximum atomic E-state index is 12.5. The highest BCUT2D eigenvalue weighted by Gasteiger charge is 2.32. The van der Waals surface area contributed by atoms with E-state index in [2.05, 4.69) is 15.0 Å². The molecule has 0 aliphatic carbocycles. The number of benzene rings is 1. The van der Waals surface area contributed by atoms with Gasteiger partial charge in [-0.15, -0.1) is 0 Å². The van der Waals surface area contributed by atoms with Gasteiger partial charge in [0.15, 0.2) is 0 Å². The van der Waals surface area contributed by atoms with Crippen molar-refractivity contribution in [3.8, 4) is 5.75 Å². The normalized spacial score (nSPS) is 17.8. The van der Waals surface area contributed by atoms with Crippen molar-refractivity contribution in [3.63, 3.8) is 0 Å². The van der Waals surface area contributed by atoms with Gasteiger partial charge in [-0.25, -0.2) is 0 Å². The average Bonchev–Trinajstić information content (AvgIpc) is 2.64. The topological polar surface area (TPSA) is 101 Å². The van der Waals surface area contributed by atoms with E-state index < -0.39 is 12.0 Å². The summed E-state index contributed by atoms with van der Waals surface area (Å²) < 4.78 is 9.85. The number of H-pyrrole nitrogens is 1. The van der Waals surface area contributed by atoms with Crippen LogP contribution in [0, 0.1) is 0 Å². The molecule has 1 aliphatic rings. The van der Waals surface area contributed by atoms with Gasteiger partial charge >= 0.3 is 5.97 Å². The first-order valence-corrected chi connectivity index (χ1v) is 8.30. The van der Waals surface area contributed by atoms with Gasteiger partial charge in [0.1, 0.15) is 11.8 Å². The molecular weight excluding hydrogens is 338 g/mol. The number of nitrogens with zero attached hydrogens (tertiary/aromatic N) is 1. The minimum absolute atomic E-state index is 0.0506. The summed E-state index contributed by atoms with van der Waals surface area (Å²) in [6.45, 7) is 1.29. The Kier molecular flexibility index (Phi) is 5.22. The van der Waals surface area contributed by atoms with Gasteiger partial charge in [-0.1, -0.05) is 0 Å². The van der Waals surface area contributed by atoms with Gasteiger partial charge in [0.25, 0.3) is 5.56 Å². The number of carbonyl (C=O) groups is 2. The van der Waals surface area contributed by atoms with Crippen LogP contribution in [-0.2, 0) is 20.9 Å². The Hall–Kier alpha value is -2.87. The van der Waals surface area contributed by atoms with Crippen LogP contribution in [0.2, 0.25) is 0 Å². The SMILES string of the molecule is COC(=O)C[C@H]1C(=O)NCCN1Cc1cc2ccc(OC)cc2[nH]c1=O. The van der Waals surface area contributed by atoms with Crippen LogP contribution in [-0.4, -0.2) is 55.1 Å². The maximum Gasteiger partial charge on any atom is 0.307 e. The van der Waals surface area contributed by atoms with Crippen LogP contribution in [0.4, 0.5) is 0 Å². The molecule has 8 nitrogen and oxygen atoms in total. The van der Waals surface area contributed by atoms with Crippen LogP contribution in [0.5, 0.6) is 5.75 Å². The lowest BCUT2D eigenvalue weighted by molar-refractivity contribution is -0.146. The Bertz CT molecular complexity index is 892. The minimum atomic E-state index is -0.651. The summed E-state index contributed by atoms with van der Waals surface area (Å²) in [6, 6.07) is 6.59. The number of hydrogen-bond acceptors (Lipinski definition) is 6. The number of rotatable bonds is 5. The Balaban J connectivity index is 1.88. The number of methoxy groups -OCH3 is 2. The molecule has 8 heteroatoms. The first-order chi connectivity index (χ1) is 12.5. The summed E-state index contributed by atoms with van der Waals surface area (Å²) in [5.74, 6) is -0.0353. The van der Waals surface area contributed by atoms with Crippen molar-refractivity contribution in [2.45, 2.75) is 19.0 Å². The molecule has 2 N–H and O–H groups in total. The summed E-state index contributed by atoms with van der Waals surface area (Å²) in [6.07, 6.45) is -0.0506. The molecule has 0 spiro atoms. The van der Waals surface area contributed by atoms with Crippen molar-refractivity contribution in [3.05, 3.63) is 40.2 Å². The van der Waals surface area contributed by atoms with Gasteiger partial charge in [-0.05, 0) is 23.6 Å². The van der Waals surface area contributed by atoms with Gasteiger partial charge in [-0.2, -0.15) is 0 Å². The first kappa shape index (κ1) is 17.9. The number of amides is 1. The molecule has 138 valence electrons. The van der Waals surface area contributed by atoms with E-state index >= 15 is 0 Å². The number of fused-ring (bicyclic) bond motifs is 1. The summed E-state index contributed by atoms with van der Waals surface area (Å²) in [5, 5.41) is 3.61. The number of pyridine rings is 1. The number of nitrogens with one attached hydrogen (secondary N) is 2. The Morgan fingerprint density at radius 1 is 1.27 bits per heavy atom. The van der Waals surface area contributed by atoms with Crippen LogP contribution in [0.1, 0.15) is 12.0 Å². The van der Waals surface area contributed by atoms with E-state index in [-0.39, 0.29) is 24.4 Å². The van der Waals surface area contributed by atoms with E-state index in [1.807, 2.05) is 17.0 Å². The molecule has 1 aromatic carbocycles. The molecule has 1 aliphatic heterocycles. The molecule has 1 saturated heterocycles. The second kappa shape index (κ2) is 7.57. The van der Waals surface area contributed by atoms with Crippen molar-refractivity contribution < 1.29 is 19.1 Å². The third-order valence-corrected chi connectivity index (χ3v) is 4.53. The van der Waals surface area contributed by atoms with Crippen molar-refractivity contribution in [1.29, 1.82) is 0 Å². The van der Waals surface area contributed by atoms with Crippen LogP contribution in [0.25, 0.3) is 10.9 Å². The fourth-order valence-electron chi connectivity index (χ4n) is 3.10. The van der Waals surface area contributed by atoms with Crippen molar-refractivity contribution in [2.75, 3.05) is 27.3 Å². The molecule has 2 heterocycles. The van der Waals surface area contributed by atoms with Crippen LogP contribution in [0.3, 0.4) is 0 Å². The Labute approximate surface area is 150 Å². The van der Waals surface area contributed by atoms with Gasteiger partial charge < -0.3 is 19.8 Å². The third-order valence-electron chi connectivity index (χ3n) is 4.53. The van der Waals surface area contributed by atoms with E-state index in [0.717, 1.165) is 5.39 Å². The molecule has 0 saturated carbocycles. The molecule has 0 bridgehead atoms. The number of carbonyl (C=O) groups excluding carboxylic acids is 2. The fraction of sp³-hybridized carbons (Fsp3) is 0.389. The standard InChI is InChI=1S/C18H21N3O5/c1-25-13-4-3-11-7-12(17(23)20-14(11)8-13)10-21-6-5-19-18(24)15(21)9-16(22)26-2/h3-4,7-8,15H,5-6,9-10H2,1-2H3,(H,19,24)(H,20,23)/t15-/m0/s1. The summed E-state index contributed by atoms with van der Waals surface area (Å²) >= 11 is 0. The van der Waals surface area contributed by atoms with Crippen molar-refractivity contribution in [2.24, 2.45) is 0 Å². The van der Waals surface area contributed by atoms with Gasteiger partial charge in [0, 0.05) is 31.3 Å². The zero-order chi connectivity index (χ0) is 18.7. The molecule has 2 aromatic rings. The number of ether oxygens (including phenoxy) is 2. The molecule has 1 fully saturated rings. The van der Waals surface area contributed by atoms with E-state index in [9.17, 15) is 14.4 Å². The van der Waals surface area contributed by atoms with Crippen LogP contribution >= 0.6 is 0 Å². The van der Waals surface area contributed by atoms with Gasteiger partial charge in [0.2, 0.25) is 5.91 Å². The predicted molar refractivity (Wildman–Crippen MR) is 95.0 cm³/mol. The molecule has 1 atom stereocenters. The molecule has 1 amide bonds. The number of aromatic nitrogens is 1. The highest BCUT2D eigenvalue weighted by molar-refractivity contribution is 5.87. The quantitative estimate of drug-likeness (QED) is 0.750. The molecular formula is C18H21N3O5. The number of hydrogen-bond donors (Lipinski definition) is 2. The van der Waals surface area contributed by atoms with Crippen LogP contribution in [0.15, 0.2) is 29.1 Å². The lowest BCUT2D eigenvalue weighted by atomic mass is 10.1. The highest BCUT2D eigenvalue weighted by Crippen LogP contribution is 2.20. The predicted octanol–water partition coefficient (Wildman–Crippen LogP) is 0.400. The monoisotopic (exact) mass is 359 g/mol. The largest absolute Gasteiger partial charge is 0.497 e. The lowest BCUT2D eigenvalue weighted by Crippen LogP contribution is -2.55. The van der Waals surface area contributed by atoms with Crippen molar-refractivity contribution >= 4 is 22.8 Å². The highest BCUT2D eigenvalue weighted by atomic mass is 16.5. The van der Waals surface area contributed by atoms with E-state index in [4.69, 9.17) is 4.74 Å². The number of aromatic amines is 1. The first-order valence-electron chi connectivity index (χ1n) is 8.30. The zero-order valence-corrected chi connectivity index (χ0v) is 14.7. The average molecular weight is 359 g/mol. The number of piperazine rings is 1. The molecule has 26 heavy (non-hydrogen) atoms. The van der Waals surface area contributed by atoms with Gasteiger partial charge in [0.05, 0.1) is 26.2 Å². The molecule has 1 aromatic heterocycles. The summed E-state index contributed by atoms with van der Waals surface area (Å²) in [5.41, 5.74) is 0.987. The summed E-state index contributed by atoms with van der Waals surface area (Å²) in [7, 11) is 2.85. The van der Waals surface area contributed by atoms with Crippen molar-refractivity contribution in [1.82, 2.24) is 15.2 Å². The van der Waals surface area contributed by atoms with E-state index in [0.29, 0.717) is 29.9 Å². The lowest BCUT2D eigenvalue weighted by Gasteiger charge is -2.34. The minimum Gasteiger partial charge on any atom is -0.497 e.